The van der Waals surface area contributed by atoms with Crippen LogP contribution in [-0.4, -0.2) is 96.7 Å². The number of hydrogen-bond donors (Lipinski definition) is 3. The van der Waals surface area contributed by atoms with Gasteiger partial charge in [-0.1, -0.05) is 370 Å². The minimum absolute atomic E-state index is 0.106. The first-order valence-corrected chi connectivity index (χ1v) is 45.2. The number of carbonyl (C=O) groups excluding carboxylic acids is 4. The first-order valence-electron chi connectivity index (χ1n) is 42.2. The number of aliphatic hydroxyl groups is 1. The summed E-state index contributed by atoms with van der Waals surface area (Å²) in [6.07, 6.45) is 58.4. The van der Waals surface area contributed by atoms with Gasteiger partial charge in [-0.3, -0.25) is 37.3 Å². The van der Waals surface area contributed by atoms with Crippen molar-refractivity contribution in [2.45, 2.75) is 440 Å². The molecule has 17 nitrogen and oxygen atoms in total. The van der Waals surface area contributed by atoms with Gasteiger partial charge in [0.2, 0.25) is 0 Å². The van der Waals surface area contributed by atoms with Gasteiger partial charge >= 0.3 is 39.5 Å². The number of carbonyl (C=O) groups is 4. The SMILES string of the molecule is CCC(C)CCCCCCCCCCCCCCCCC(=O)OC[C@H](COP(=O)(O)OC[C@@H](O)COP(=O)(O)OC[C@@H](COC(=O)CCCCCCCCC(C)C)OC(=O)CCCCCCCCCCCCCCC(C)C)OC(=O)CCCCCCCCCCCCCCCCCCC(C)C. The third-order valence-electron chi connectivity index (χ3n) is 19.4. The number of ether oxygens (including phenoxy) is 4. The molecule has 0 heterocycles. The molecule has 3 unspecified atom stereocenters. The highest BCUT2D eigenvalue weighted by molar-refractivity contribution is 7.47. The predicted octanol–water partition coefficient (Wildman–Crippen LogP) is 24.4. The van der Waals surface area contributed by atoms with E-state index in [0.29, 0.717) is 31.6 Å². The van der Waals surface area contributed by atoms with Crippen LogP contribution in [0.5, 0.6) is 0 Å². The molecular weight excluding hydrogens is 1320 g/mol. The van der Waals surface area contributed by atoms with Crippen molar-refractivity contribution in [3.05, 3.63) is 0 Å². The van der Waals surface area contributed by atoms with Crippen molar-refractivity contribution < 1.29 is 80.2 Å². The molecule has 6 atom stereocenters. The smallest absolute Gasteiger partial charge is 0.462 e. The van der Waals surface area contributed by atoms with Gasteiger partial charge in [0.05, 0.1) is 26.4 Å². The maximum Gasteiger partial charge on any atom is 0.472 e. The first kappa shape index (κ1) is 99.1. The minimum atomic E-state index is -4.96. The lowest BCUT2D eigenvalue weighted by Crippen LogP contribution is -2.30. The zero-order valence-electron chi connectivity index (χ0n) is 66.5. The van der Waals surface area contributed by atoms with Gasteiger partial charge in [-0.05, 0) is 49.4 Å². The molecule has 600 valence electrons. The van der Waals surface area contributed by atoms with Gasteiger partial charge in [0.15, 0.2) is 12.2 Å². The molecule has 0 saturated heterocycles. The molecule has 0 bridgehead atoms. The topological polar surface area (TPSA) is 237 Å². The molecule has 0 saturated carbocycles. The third kappa shape index (κ3) is 74.7. The van der Waals surface area contributed by atoms with Gasteiger partial charge in [-0.2, -0.15) is 0 Å². The summed E-state index contributed by atoms with van der Waals surface area (Å²) in [6, 6.07) is 0. The van der Waals surface area contributed by atoms with Crippen molar-refractivity contribution in [2.24, 2.45) is 23.7 Å². The van der Waals surface area contributed by atoms with Gasteiger partial charge in [0.1, 0.15) is 19.3 Å². The predicted molar refractivity (Wildman–Crippen MR) is 414 cm³/mol. The molecule has 0 spiro atoms. The molecular formula is C82H160O17P2. The zero-order chi connectivity index (χ0) is 74.6. The van der Waals surface area contributed by atoms with Crippen molar-refractivity contribution in [1.29, 1.82) is 0 Å². The molecule has 0 aromatic carbocycles. The fraction of sp³-hybridized carbons (Fsp3) is 0.951. The second kappa shape index (κ2) is 71.0. The lowest BCUT2D eigenvalue weighted by atomic mass is 9.99. The summed E-state index contributed by atoms with van der Waals surface area (Å²) in [5.74, 6) is 1.00. The number of aliphatic hydroxyl groups excluding tert-OH is 1. The number of esters is 4. The molecule has 0 fully saturated rings. The number of hydrogen-bond acceptors (Lipinski definition) is 15. The summed E-state index contributed by atoms with van der Waals surface area (Å²) in [6.45, 7) is 14.3. The normalized spacial score (nSPS) is 14.3. The standard InChI is InChI=1S/C82H160O17P2/c1-9-75(8)61-53-45-36-30-24-17-14-15-18-25-31-37-46-54-62-79(84)92-68-77(98-81(86)64-56-48-38-32-26-19-13-11-10-12-16-22-28-34-42-50-58-72(2)3)70-96-100(88,89)94-66-76(83)67-95-101(90,91)97-71-78(69-93-80(85)63-55-47-41-40-44-52-60-74(6)7)99-82(87)65-57-49-39-33-27-21-20-23-29-35-43-51-59-73(4)5/h72-78,83H,9-71H2,1-8H3,(H,88,89)(H,90,91)/t75?,76-,77-,78-/m1/s1. The molecule has 3 N–H and O–H groups in total. The number of rotatable bonds is 79. The van der Waals surface area contributed by atoms with Crippen molar-refractivity contribution in [2.75, 3.05) is 39.6 Å². The van der Waals surface area contributed by atoms with Crippen LogP contribution in [0, 0.1) is 23.7 Å². The minimum Gasteiger partial charge on any atom is -0.462 e. The second-order valence-electron chi connectivity index (χ2n) is 31.2. The van der Waals surface area contributed by atoms with E-state index in [1.54, 1.807) is 0 Å². The van der Waals surface area contributed by atoms with E-state index in [4.69, 9.17) is 37.0 Å². The van der Waals surface area contributed by atoms with Crippen LogP contribution >= 0.6 is 15.6 Å². The largest absolute Gasteiger partial charge is 0.472 e. The number of phosphoric ester groups is 2. The van der Waals surface area contributed by atoms with Crippen LogP contribution in [0.25, 0.3) is 0 Å². The Labute approximate surface area is 619 Å². The van der Waals surface area contributed by atoms with E-state index in [1.807, 2.05) is 0 Å². The maximum absolute atomic E-state index is 13.1. The van der Waals surface area contributed by atoms with Gasteiger partial charge in [-0.15, -0.1) is 0 Å². The molecule has 0 aliphatic heterocycles. The first-order chi connectivity index (χ1) is 48.6. The Kier molecular flexibility index (Phi) is 69.6. The molecule has 0 rings (SSSR count). The van der Waals surface area contributed by atoms with Crippen LogP contribution in [0.4, 0.5) is 0 Å². The van der Waals surface area contributed by atoms with Gasteiger partial charge in [0.25, 0.3) is 0 Å². The lowest BCUT2D eigenvalue weighted by molar-refractivity contribution is -0.161. The highest BCUT2D eigenvalue weighted by atomic mass is 31.2. The molecule has 0 amide bonds. The van der Waals surface area contributed by atoms with Crippen LogP contribution in [0.3, 0.4) is 0 Å². The van der Waals surface area contributed by atoms with Crippen LogP contribution in [-0.2, 0) is 65.4 Å². The maximum atomic E-state index is 13.1. The van der Waals surface area contributed by atoms with Crippen LogP contribution in [0.2, 0.25) is 0 Å². The van der Waals surface area contributed by atoms with E-state index in [-0.39, 0.29) is 25.7 Å². The van der Waals surface area contributed by atoms with Crippen molar-refractivity contribution in [3.63, 3.8) is 0 Å². The van der Waals surface area contributed by atoms with Crippen molar-refractivity contribution in [3.8, 4) is 0 Å². The zero-order valence-corrected chi connectivity index (χ0v) is 68.3. The van der Waals surface area contributed by atoms with Gasteiger partial charge < -0.3 is 33.8 Å². The van der Waals surface area contributed by atoms with E-state index < -0.39 is 97.5 Å². The van der Waals surface area contributed by atoms with E-state index in [0.717, 1.165) is 114 Å². The highest BCUT2D eigenvalue weighted by Gasteiger charge is 2.30. The van der Waals surface area contributed by atoms with Crippen molar-refractivity contribution >= 4 is 39.5 Å². The third-order valence-corrected chi connectivity index (χ3v) is 21.3. The Hall–Kier alpha value is -1.94. The van der Waals surface area contributed by atoms with E-state index in [9.17, 15) is 43.2 Å². The summed E-state index contributed by atoms with van der Waals surface area (Å²) in [7, 11) is -9.92. The molecule has 101 heavy (non-hydrogen) atoms. The molecule has 0 aliphatic rings. The van der Waals surface area contributed by atoms with Crippen LogP contribution < -0.4 is 0 Å². The second-order valence-corrected chi connectivity index (χ2v) is 34.1. The fourth-order valence-electron chi connectivity index (χ4n) is 12.6. The van der Waals surface area contributed by atoms with Gasteiger partial charge in [0, 0.05) is 25.7 Å². The van der Waals surface area contributed by atoms with Crippen molar-refractivity contribution in [1.82, 2.24) is 0 Å². The summed E-state index contributed by atoms with van der Waals surface area (Å²) < 4.78 is 68.7. The molecule has 0 radical (unpaired) electrons. The fourth-order valence-corrected chi connectivity index (χ4v) is 14.2. The Morgan fingerprint density at radius 2 is 0.475 bits per heavy atom. The highest BCUT2D eigenvalue weighted by Crippen LogP contribution is 2.45. The Morgan fingerprint density at radius 3 is 0.703 bits per heavy atom. The van der Waals surface area contributed by atoms with Crippen LogP contribution in [0.1, 0.15) is 421 Å². The monoisotopic (exact) mass is 1480 g/mol. The van der Waals surface area contributed by atoms with E-state index in [2.05, 4.69) is 55.4 Å². The summed E-state index contributed by atoms with van der Waals surface area (Å²) in [5, 5.41) is 10.6. The molecule has 0 aromatic rings. The summed E-state index contributed by atoms with van der Waals surface area (Å²) in [5.41, 5.74) is 0. The lowest BCUT2D eigenvalue weighted by Gasteiger charge is -2.21. The average molecular weight is 1480 g/mol. The quantitative estimate of drug-likeness (QED) is 0.0222. The van der Waals surface area contributed by atoms with Gasteiger partial charge in [-0.25, -0.2) is 9.13 Å². The molecule has 0 aromatic heterocycles. The van der Waals surface area contributed by atoms with E-state index in [1.165, 1.54) is 218 Å². The summed E-state index contributed by atoms with van der Waals surface area (Å²) in [4.78, 5) is 73.0. The molecule has 0 aliphatic carbocycles. The molecule has 19 heteroatoms. The Morgan fingerprint density at radius 1 is 0.277 bits per heavy atom. The van der Waals surface area contributed by atoms with Crippen LogP contribution in [0.15, 0.2) is 0 Å². The number of phosphoric acid groups is 2. The Balaban J connectivity index is 5.23. The number of unbranched alkanes of at least 4 members (excludes halogenated alkanes) is 44. The summed E-state index contributed by atoms with van der Waals surface area (Å²) >= 11 is 0. The Bertz CT molecular complexity index is 1970. The van der Waals surface area contributed by atoms with E-state index >= 15 is 0 Å². The average Bonchev–Trinajstić information content (AvgIpc) is 1.11.